The first kappa shape index (κ1) is 22.8. The van der Waals surface area contributed by atoms with E-state index in [0.29, 0.717) is 31.9 Å². The Hall–Kier alpha value is -2.42. The quantitative estimate of drug-likeness (QED) is 0.670. The Morgan fingerprint density at radius 3 is 2.34 bits per heavy atom. The molecule has 172 valence electrons. The number of hydrogen-bond acceptors (Lipinski definition) is 4. The third kappa shape index (κ3) is 5.14. The molecule has 0 unspecified atom stereocenters. The lowest BCUT2D eigenvalue weighted by Crippen LogP contribution is -2.48. The number of sulfonamides is 1. The second-order valence-corrected chi connectivity index (χ2v) is 10.5. The molecule has 2 fully saturated rings. The molecule has 2 aromatic rings. The van der Waals surface area contributed by atoms with Gasteiger partial charge in [-0.25, -0.2) is 8.42 Å². The Morgan fingerprint density at radius 1 is 0.969 bits per heavy atom. The fourth-order valence-corrected chi connectivity index (χ4v) is 5.93. The summed E-state index contributed by atoms with van der Waals surface area (Å²) in [5.41, 5.74) is 1.61. The summed E-state index contributed by atoms with van der Waals surface area (Å²) in [6.07, 6.45) is 8.69. The molecule has 2 saturated heterocycles. The molecule has 0 saturated carbocycles. The lowest BCUT2D eigenvalue weighted by atomic mass is 10.2. The van der Waals surface area contributed by atoms with Crippen molar-refractivity contribution in [2.24, 2.45) is 7.05 Å². The number of piperazine rings is 1. The van der Waals surface area contributed by atoms with E-state index in [0.717, 1.165) is 38.9 Å². The van der Waals surface area contributed by atoms with Gasteiger partial charge in [0.2, 0.25) is 10.0 Å². The molecule has 1 aromatic carbocycles. The van der Waals surface area contributed by atoms with E-state index in [4.69, 9.17) is 0 Å². The van der Waals surface area contributed by atoms with Crippen molar-refractivity contribution in [2.45, 2.75) is 24.2 Å². The number of hydrogen-bond donors (Lipinski definition) is 0. The monoisotopic (exact) mass is 456 g/mol. The number of rotatable bonds is 6. The van der Waals surface area contributed by atoms with Gasteiger partial charge in [0.25, 0.3) is 5.91 Å². The number of piperidine rings is 1. The van der Waals surface area contributed by atoms with Crippen molar-refractivity contribution in [3.8, 4) is 0 Å². The third-order valence-electron chi connectivity index (χ3n) is 6.28. The van der Waals surface area contributed by atoms with Crippen molar-refractivity contribution in [3.05, 3.63) is 59.9 Å². The minimum atomic E-state index is -3.54. The van der Waals surface area contributed by atoms with Crippen LogP contribution in [-0.2, 0) is 17.1 Å². The average molecular weight is 457 g/mol. The summed E-state index contributed by atoms with van der Waals surface area (Å²) in [4.78, 5) is 17.5. The van der Waals surface area contributed by atoms with Gasteiger partial charge < -0.3 is 9.47 Å². The Kier molecular flexibility index (Phi) is 7.13. The van der Waals surface area contributed by atoms with E-state index in [2.05, 4.69) is 29.2 Å². The van der Waals surface area contributed by atoms with Crippen LogP contribution < -0.4 is 0 Å². The van der Waals surface area contributed by atoms with E-state index in [1.54, 1.807) is 28.2 Å². The molecule has 3 heterocycles. The van der Waals surface area contributed by atoms with Crippen LogP contribution in [-0.4, -0.2) is 78.8 Å². The molecule has 2 aliphatic heterocycles. The van der Waals surface area contributed by atoms with E-state index in [1.807, 2.05) is 23.1 Å². The lowest BCUT2D eigenvalue weighted by Gasteiger charge is -2.34. The average Bonchev–Trinajstić information content (AvgIpc) is 3.23. The van der Waals surface area contributed by atoms with Crippen LogP contribution in [0.2, 0.25) is 0 Å². The van der Waals surface area contributed by atoms with Gasteiger partial charge in [-0.2, -0.15) is 4.31 Å². The highest BCUT2D eigenvalue weighted by molar-refractivity contribution is 7.89. The highest BCUT2D eigenvalue weighted by Crippen LogP contribution is 2.23. The fourth-order valence-electron chi connectivity index (χ4n) is 4.34. The molecule has 1 amide bonds. The smallest absolute Gasteiger partial charge is 0.270 e. The topological polar surface area (TPSA) is 65.9 Å². The minimum Gasteiger partial charge on any atom is -0.345 e. The van der Waals surface area contributed by atoms with Crippen LogP contribution in [0.25, 0.3) is 6.08 Å². The Labute approximate surface area is 191 Å². The van der Waals surface area contributed by atoms with Gasteiger partial charge in [0.15, 0.2) is 0 Å². The standard InChI is InChI=1S/C24H32N4O3S/c1-25-20-22(32(30,31)28-13-6-3-7-14-28)19-23(25)24(29)27-17-15-26(16-18-27)12-8-11-21-9-4-2-5-10-21/h2,4-5,8-11,19-20H,3,6-7,12-18H2,1H3/b11-8+. The second-order valence-electron chi connectivity index (χ2n) is 8.54. The Morgan fingerprint density at radius 2 is 1.66 bits per heavy atom. The van der Waals surface area contributed by atoms with Crippen LogP contribution in [0.4, 0.5) is 0 Å². The number of aromatic nitrogens is 1. The van der Waals surface area contributed by atoms with Crippen LogP contribution in [0, 0.1) is 0 Å². The van der Waals surface area contributed by atoms with Crippen molar-refractivity contribution in [1.29, 1.82) is 0 Å². The molecule has 4 rings (SSSR count). The van der Waals surface area contributed by atoms with Crippen molar-refractivity contribution in [1.82, 2.24) is 18.7 Å². The maximum atomic E-state index is 13.1. The summed E-state index contributed by atoms with van der Waals surface area (Å²) < 4.78 is 29.1. The number of nitrogens with zero attached hydrogens (tertiary/aromatic N) is 4. The van der Waals surface area contributed by atoms with E-state index in [1.165, 1.54) is 5.56 Å². The predicted molar refractivity (Wildman–Crippen MR) is 126 cm³/mol. The van der Waals surface area contributed by atoms with Gasteiger partial charge >= 0.3 is 0 Å². The van der Waals surface area contributed by atoms with Crippen molar-refractivity contribution >= 4 is 22.0 Å². The normalized spacial score (nSPS) is 19.0. The first-order valence-corrected chi connectivity index (χ1v) is 12.8. The van der Waals surface area contributed by atoms with Crippen molar-refractivity contribution in [2.75, 3.05) is 45.8 Å². The van der Waals surface area contributed by atoms with Crippen LogP contribution in [0.3, 0.4) is 0 Å². The van der Waals surface area contributed by atoms with Gasteiger partial charge in [0.1, 0.15) is 10.6 Å². The van der Waals surface area contributed by atoms with Crippen LogP contribution in [0.15, 0.2) is 53.6 Å². The van der Waals surface area contributed by atoms with E-state index >= 15 is 0 Å². The van der Waals surface area contributed by atoms with Gasteiger partial charge in [0, 0.05) is 59.1 Å². The molecule has 0 atom stereocenters. The van der Waals surface area contributed by atoms with Crippen molar-refractivity contribution < 1.29 is 13.2 Å². The zero-order valence-electron chi connectivity index (χ0n) is 18.7. The van der Waals surface area contributed by atoms with Gasteiger partial charge in [-0.15, -0.1) is 0 Å². The third-order valence-corrected chi connectivity index (χ3v) is 8.15. The van der Waals surface area contributed by atoms with Gasteiger partial charge in [-0.1, -0.05) is 48.9 Å². The van der Waals surface area contributed by atoms with Gasteiger partial charge in [0.05, 0.1) is 0 Å². The molecule has 0 aliphatic carbocycles. The second kappa shape index (κ2) is 10.0. The molecule has 0 spiro atoms. The zero-order valence-corrected chi connectivity index (χ0v) is 19.5. The predicted octanol–water partition coefficient (Wildman–Crippen LogP) is 2.67. The molecule has 2 aliphatic rings. The lowest BCUT2D eigenvalue weighted by molar-refractivity contribution is 0.0641. The number of carbonyl (C=O) groups is 1. The number of amides is 1. The van der Waals surface area contributed by atoms with Crippen LogP contribution in [0.1, 0.15) is 35.3 Å². The van der Waals surface area contributed by atoms with Crippen LogP contribution >= 0.6 is 0 Å². The van der Waals surface area contributed by atoms with Gasteiger partial charge in [-0.05, 0) is 24.5 Å². The van der Waals surface area contributed by atoms with Crippen molar-refractivity contribution in [3.63, 3.8) is 0 Å². The summed E-state index contributed by atoms with van der Waals surface area (Å²) in [5.74, 6) is -0.105. The minimum absolute atomic E-state index is 0.105. The fraction of sp³-hybridized carbons (Fsp3) is 0.458. The zero-order chi connectivity index (χ0) is 22.6. The number of benzene rings is 1. The molecule has 8 heteroatoms. The summed E-state index contributed by atoms with van der Waals surface area (Å²) in [5, 5.41) is 0. The molecular formula is C24H32N4O3S. The summed E-state index contributed by atoms with van der Waals surface area (Å²) in [6, 6.07) is 11.8. The molecule has 1 aromatic heterocycles. The Bertz CT molecular complexity index is 1050. The maximum absolute atomic E-state index is 13.1. The number of carbonyl (C=O) groups excluding carboxylic acids is 1. The molecule has 32 heavy (non-hydrogen) atoms. The molecule has 0 N–H and O–H groups in total. The van der Waals surface area contributed by atoms with E-state index in [-0.39, 0.29) is 10.8 Å². The van der Waals surface area contributed by atoms with Crippen LogP contribution in [0.5, 0.6) is 0 Å². The van der Waals surface area contributed by atoms with Gasteiger partial charge in [-0.3, -0.25) is 9.69 Å². The highest BCUT2D eigenvalue weighted by atomic mass is 32.2. The largest absolute Gasteiger partial charge is 0.345 e. The molecule has 0 bridgehead atoms. The first-order valence-electron chi connectivity index (χ1n) is 11.3. The maximum Gasteiger partial charge on any atom is 0.270 e. The molecule has 0 radical (unpaired) electrons. The molecular weight excluding hydrogens is 424 g/mol. The summed E-state index contributed by atoms with van der Waals surface area (Å²) in [6.45, 7) is 4.83. The Balaban J connectivity index is 1.35. The summed E-state index contributed by atoms with van der Waals surface area (Å²) in [7, 11) is -1.80. The first-order chi connectivity index (χ1) is 15.4. The summed E-state index contributed by atoms with van der Waals surface area (Å²) >= 11 is 0. The SMILES string of the molecule is Cn1cc(S(=O)(=O)N2CCCCC2)cc1C(=O)N1CCN(C/C=C/c2ccccc2)CC1. The number of aryl methyl sites for hydroxylation is 1. The molecule has 7 nitrogen and oxygen atoms in total. The highest BCUT2D eigenvalue weighted by Gasteiger charge is 2.30. The van der Waals surface area contributed by atoms with E-state index in [9.17, 15) is 13.2 Å². The van der Waals surface area contributed by atoms with E-state index < -0.39 is 10.0 Å².